The van der Waals surface area contributed by atoms with Gasteiger partial charge in [0.25, 0.3) is 0 Å². The van der Waals surface area contributed by atoms with Crippen LogP contribution in [0.25, 0.3) is 0 Å². The molecule has 1 aromatic carbocycles. The standard InChI is InChI=1S/C11H13F3N2/c1-16-6-9(15)4-7-2-3-8(5-10(7)16)11(12,13)14/h2-3,5,9H,4,6,15H2,1H3. The van der Waals surface area contributed by atoms with Crippen molar-refractivity contribution >= 4 is 5.69 Å². The summed E-state index contributed by atoms with van der Waals surface area (Å²) in [7, 11) is 1.76. The van der Waals surface area contributed by atoms with Crippen molar-refractivity contribution in [1.82, 2.24) is 0 Å². The second kappa shape index (κ2) is 3.66. The predicted octanol–water partition coefficient (Wildman–Crippen LogP) is 2.02. The molecular weight excluding hydrogens is 217 g/mol. The first-order chi connectivity index (χ1) is 7.38. The molecule has 1 aliphatic rings. The summed E-state index contributed by atoms with van der Waals surface area (Å²) in [6, 6.07) is 3.83. The lowest BCUT2D eigenvalue weighted by atomic mass is 9.97. The quantitative estimate of drug-likeness (QED) is 0.738. The van der Waals surface area contributed by atoms with Crippen LogP contribution in [0.3, 0.4) is 0 Å². The van der Waals surface area contributed by atoms with Crippen molar-refractivity contribution in [1.29, 1.82) is 0 Å². The number of nitrogens with zero attached hydrogens (tertiary/aromatic N) is 1. The molecule has 0 saturated heterocycles. The van der Waals surface area contributed by atoms with Gasteiger partial charge in [0.1, 0.15) is 0 Å². The fraction of sp³-hybridized carbons (Fsp3) is 0.455. The SMILES string of the molecule is CN1CC(N)Cc2ccc(C(F)(F)F)cc21. The van der Waals surface area contributed by atoms with Gasteiger partial charge in [-0.1, -0.05) is 6.07 Å². The fourth-order valence-electron chi connectivity index (χ4n) is 2.07. The van der Waals surface area contributed by atoms with Gasteiger partial charge in [0.05, 0.1) is 5.56 Å². The van der Waals surface area contributed by atoms with Gasteiger partial charge in [-0.2, -0.15) is 13.2 Å². The Labute approximate surface area is 91.8 Å². The van der Waals surface area contributed by atoms with Crippen LogP contribution in [0.1, 0.15) is 11.1 Å². The van der Waals surface area contributed by atoms with E-state index in [4.69, 9.17) is 5.73 Å². The van der Waals surface area contributed by atoms with E-state index in [0.717, 1.165) is 11.6 Å². The van der Waals surface area contributed by atoms with E-state index in [-0.39, 0.29) is 6.04 Å². The Balaban J connectivity index is 2.42. The molecule has 0 bridgehead atoms. The van der Waals surface area contributed by atoms with Crippen LogP contribution in [0.5, 0.6) is 0 Å². The second-order valence-corrected chi connectivity index (χ2v) is 4.19. The zero-order valence-electron chi connectivity index (χ0n) is 8.88. The summed E-state index contributed by atoms with van der Waals surface area (Å²) in [5.74, 6) is 0. The van der Waals surface area contributed by atoms with Gasteiger partial charge in [0, 0.05) is 25.3 Å². The molecule has 88 valence electrons. The molecule has 16 heavy (non-hydrogen) atoms. The van der Waals surface area contributed by atoms with Crippen molar-refractivity contribution in [2.75, 3.05) is 18.5 Å². The highest BCUT2D eigenvalue weighted by Gasteiger charge is 2.32. The van der Waals surface area contributed by atoms with Gasteiger partial charge in [0.2, 0.25) is 0 Å². The third kappa shape index (κ3) is 2.00. The predicted molar refractivity (Wildman–Crippen MR) is 56.4 cm³/mol. The number of hydrogen-bond acceptors (Lipinski definition) is 2. The van der Waals surface area contributed by atoms with Gasteiger partial charge in [-0.3, -0.25) is 0 Å². The molecule has 2 rings (SSSR count). The first-order valence-corrected chi connectivity index (χ1v) is 5.05. The second-order valence-electron chi connectivity index (χ2n) is 4.19. The number of halogens is 3. The summed E-state index contributed by atoms with van der Waals surface area (Å²) in [5.41, 5.74) is 6.72. The topological polar surface area (TPSA) is 29.3 Å². The van der Waals surface area contributed by atoms with Gasteiger partial charge in [-0.05, 0) is 24.1 Å². The van der Waals surface area contributed by atoms with Crippen molar-refractivity contribution in [3.63, 3.8) is 0 Å². The van der Waals surface area contributed by atoms with E-state index in [1.807, 2.05) is 0 Å². The van der Waals surface area contributed by atoms with E-state index in [9.17, 15) is 13.2 Å². The molecule has 2 N–H and O–H groups in total. The summed E-state index contributed by atoms with van der Waals surface area (Å²) in [6.45, 7) is 0.592. The highest BCUT2D eigenvalue weighted by Crippen LogP contribution is 2.34. The highest BCUT2D eigenvalue weighted by atomic mass is 19.4. The van der Waals surface area contributed by atoms with Crippen molar-refractivity contribution in [3.8, 4) is 0 Å². The summed E-state index contributed by atoms with van der Waals surface area (Å²) in [5, 5.41) is 0. The minimum atomic E-state index is -4.28. The molecule has 5 heteroatoms. The van der Waals surface area contributed by atoms with E-state index >= 15 is 0 Å². The van der Waals surface area contributed by atoms with Gasteiger partial charge in [0.15, 0.2) is 0 Å². The Hall–Kier alpha value is -1.23. The minimum Gasteiger partial charge on any atom is -0.373 e. The Kier molecular flexibility index (Phi) is 2.58. The molecule has 0 aromatic heterocycles. The van der Waals surface area contributed by atoms with Gasteiger partial charge in [-0.15, -0.1) is 0 Å². The first kappa shape index (κ1) is 11.3. The van der Waals surface area contributed by atoms with E-state index in [0.29, 0.717) is 18.7 Å². The van der Waals surface area contributed by atoms with Crippen LogP contribution in [-0.4, -0.2) is 19.6 Å². The zero-order valence-corrected chi connectivity index (χ0v) is 8.88. The maximum absolute atomic E-state index is 12.5. The number of benzene rings is 1. The lowest BCUT2D eigenvalue weighted by Gasteiger charge is -2.32. The number of anilines is 1. The molecule has 0 radical (unpaired) electrons. The molecule has 1 unspecified atom stereocenters. The molecule has 0 fully saturated rings. The molecule has 1 aliphatic heterocycles. The van der Waals surface area contributed by atoms with Crippen LogP contribution in [-0.2, 0) is 12.6 Å². The molecule has 0 saturated carbocycles. The van der Waals surface area contributed by atoms with E-state index in [2.05, 4.69) is 0 Å². The van der Waals surface area contributed by atoms with Crippen LogP contribution in [0, 0.1) is 0 Å². The van der Waals surface area contributed by atoms with Crippen LogP contribution in [0.4, 0.5) is 18.9 Å². The maximum Gasteiger partial charge on any atom is 0.416 e. The van der Waals surface area contributed by atoms with E-state index < -0.39 is 11.7 Å². The number of hydrogen-bond donors (Lipinski definition) is 1. The lowest BCUT2D eigenvalue weighted by molar-refractivity contribution is -0.137. The Morgan fingerprint density at radius 2 is 2.06 bits per heavy atom. The molecule has 1 atom stereocenters. The summed E-state index contributed by atoms with van der Waals surface area (Å²) >= 11 is 0. The molecule has 2 nitrogen and oxygen atoms in total. The summed E-state index contributed by atoms with van der Waals surface area (Å²) in [6.07, 6.45) is -3.65. The average molecular weight is 230 g/mol. The Morgan fingerprint density at radius 3 is 2.69 bits per heavy atom. The number of fused-ring (bicyclic) bond motifs is 1. The Morgan fingerprint density at radius 1 is 1.38 bits per heavy atom. The number of alkyl halides is 3. The minimum absolute atomic E-state index is 0.00534. The van der Waals surface area contributed by atoms with E-state index in [1.54, 1.807) is 11.9 Å². The summed E-state index contributed by atoms with van der Waals surface area (Å²) in [4.78, 5) is 1.78. The molecule has 0 aliphatic carbocycles. The van der Waals surface area contributed by atoms with Crippen molar-refractivity contribution in [2.24, 2.45) is 5.73 Å². The highest BCUT2D eigenvalue weighted by molar-refractivity contribution is 5.57. The smallest absolute Gasteiger partial charge is 0.373 e. The van der Waals surface area contributed by atoms with Crippen molar-refractivity contribution in [2.45, 2.75) is 18.6 Å². The lowest BCUT2D eigenvalue weighted by Crippen LogP contribution is -2.41. The third-order valence-electron chi connectivity index (χ3n) is 2.81. The number of likely N-dealkylation sites (N-methyl/N-ethyl adjacent to an activating group) is 1. The molecular formula is C11H13F3N2. The van der Waals surface area contributed by atoms with Crippen molar-refractivity contribution < 1.29 is 13.2 Å². The maximum atomic E-state index is 12.5. The molecule has 0 amide bonds. The monoisotopic (exact) mass is 230 g/mol. The summed E-state index contributed by atoms with van der Waals surface area (Å²) < 4.78 is 37.6. The normalized spacial score (nSPS) is 20.8. The molecule has 0 spiro atoms. The Bertz CT molecular complexity index is 401. The largest absolute Gasteiger partial charge is 0.416 e. The van der Waals surface area contributed by atoms with Crippen molar-refractivity contribution in [3.05, 3.63) is 29.3 Å². The van der Waals surface area contributed by atoms with Crippen LogP contribution >= 0.6 is 0 Å². The average Bonchev–Trinajstić information content (AvgIpc) is 2.15. The van der Waals surface area contributed by atoms with Gasteiger partial charge in [-0.25, -0.2) is 0 Å². The third-order valence-corrected chi connectivity index (χ3v) is 2.81. The molecule has 1 aromatic rings. The van der Waals surface area contributed by atoms with Crippen LogP contribution in [0.15, 0.2) is 18.2 Å². The number of rotatable bonds is 0. The van der Waals surface area contributed by atoms with E-state index in [1.165, 1.54) is 12.1 Å². The fourth-order valence-corrected chi connectivity index (χ4v) is 2.07. The number of nitrogens with two attached hydrogens (primary N) is 1. The first-order valence-electron chi connectivity index (χ1n) is 5.05. The van der Waals surface area contributed by atoms with Gasteiger partial charge >= 0.3 is 6.18 Å². The molecule has 1 heterocycles. The zero-order chi connectivity index (χ0) is 11.9. The van der Waals surface area contributed by atoms with Crippen LogP contribution in [0.2, 0.25) is 0 Å². The van der Waals surface area contributed by atoms with Crippen LogP contribution < -0.4 is 10.6 Å². The van der Waals surface area contributed by atoms with Gasteiger partial charge < -0.3 is 10.6 Å².